The quantitative estimate of drug-likeness (QED) is 0.577. The van der Waals surface area contributed by atoms with Gasteiger partial charge in [0.2, 0.25) is 5.91 Å². The molecular formula is C26H32Cl2N2O3. The van der Waals surface area contributed by atoms with Gasteiger partial charge in [-0.25, -0.2) is 0 Å². The molecule has 0 radical (unpaired) electrons. The van der Waals surface area contributed by atoms with Gasteiger partial charge in [-0.1, -0.05) is 63.0 Å². The van der Waals surface area contributed by atoms with Crippen LogP contribution in [0.2, 0.25) is 10.0 Å². The zero-order valence-electron chi connectivity index (χ0n) is 19.8. The first kappa shape index (κ1) is 25.5. The minimum Gasteiger partial charge on any atom is -0.373 e. The lowest BCUT2D eigenvalue weighted by molar-refractivity contribution is -0.165. The Labute approximate surface area is 206 Å². The van der Waals surface area contributed by atoms with Crippen molar-refractivity contribution in [2.75, 3.05) is 20.2 Å². The first-order valence-corrected chi connectivity index (χ1v) is 11.9. The van der Waals surface area contributed by atoms with Gasteiger partial charge >= 0.3 is 0 Å². The molecule has 2 aromatic rings. The Bertz CT molecular complexity index is 990. The van der Waals surface area contributed by atoms with Crippen LogP contribution in [-0.2, 0) is 15.1 Å². The van der Waals surface area contributed by atoms with Crippen molar-refractivity contribution in [2.24, 2.45) is 11.3 Å². The summed E-state index contributed by atoms with van der Waals surface area (Å²) in [4.78, 5) is 28.2. The first-order valence-electron chi connectivity index (χ1n) is 11.2. The molecule has 0 saturated carbocycles. The number of hydrogen-bond acceptors (Lipinski definition) is 3. The van der Waals surface area contributed by atoms with E-state index < -0.39 is 11.6 Å². The van der Waals surface area contributed by atoms with Crippen molar-refractivity contribution < 1.29 is 14.3 Å². The van der Waals surface area contributed by atoms with Crippen molar-refractivity contribution in [3.05, 3.63) is 69.7 Å². The van der Waals surface area contributed by atoms with E-state index in [-0.39, 0.29) is 23.1 Å². The molecule has 5 nitrogen and oxygen atoms in total. The zero-order valence-corrected chi connectivity index (χ0v) is 21.3. The summed E-state index contributed by atoms with van der Waals surface area (Å²) in [5, 5.41) is 4.16. The monoisotopic (exact) mass is 490 g/mol. The van der Waals surface area contributed by atoms with Gasteiger partial charge in [0.1, 0.15) is 11.6 Å². The summed E-state index contributed by atoms with van der Waals surface area (Å²) in [6, 6.07) is 13.7. The normalized spacial score (nSPS) is 21.0. The number of methoxy groups -OCH3 is 1. The highest BCUT2D eigenvalue weighted by molar-refractivity contribution is 6.30. The molecule has 0 spiro atoms. The fourth-order valence-electron chi connectivity index (χ4n) is 4.79. The molecule has 2 amide bonds. The van der Waals surface area contributed by atoms with Gasteiger partial charge in [-0.05, 0) is 54.3 Å². The Morgan fingerprint density at radius 3 is 2.03 bits per heavy atom. The Morgan fingerprint density at radius 2 is 1.55 bits per heavy atom. The molecule has 1 heterocycles. The lowest BCUT2D eigenvalue weighted by atomic mass is 9.66. The van der Waals surface area contributed by atoms with Crippen molar-refractivity contribution in [2.45, 2.75) is 45.8 Å². The van der Waals surface area contributed by atoms with Crippen molar-refractivity contribution in [3.8, 4) is 0 Å². The molecule has 7 heteroatoms. The average Bonchev–Trinajstić information content (AvgIpc) is 2.77. The lowest BCUT2D eigenvalue weighted by Gasteiger charge is -2.53. The van der Waals surface area contributed by atoms with Crippen LogP contribution in [0.4, 0.5) is 0 Å². The van der Waals surface area contributed by atoms with Gasteiger partial charge in [-0.2, -0.15) is 0 Å². The summed E-state index contributed by atoms with van der Waals surface area (Å²) in [6.07, 6.45) is 0.639. The molecule has 0 aromatic heterocycles. The number of likely N-dealkylation sites (tertiary alicyclic amines) is 1. The largest absolute Gasteiger partial charge is 0.373 e. The SMILES string of the molecule is CO[C@]1(c2ccc(Cl)cc2)CCN(C(=O)[C@H](NC(=O)c2ccc(Cl)cc2)C(C)C)CC1(C)C. The van der Waals surface area contributed by atoms with E-state index in [0.29, 0.717) is 35.1 Å². The summed E-state index contributed by atoms with van der Waals surface area (Å²) in [5.74, 6) is -0.439. The van der Waals surface area contributed by atoms with Crippen LogP contribution in [0, 0.1) is 11.3 Å². The van der Waals surface area contributed by atoms with E-state index in [9.17, 15) is 9.59 Å². The number of carbonyl (C=O) groups excluding carboxylic acids is 2. The topological polar surface area (TPSA) is 58.6 Å². The van der Waals surface area contributed by atoms with Gasteiger partial charge in [0, 0.05) is 41.2 Å². The standard InChI is InChI=1S/C26H32Cl2N2O3/c1-17(2)22(29-23(31)18-6-10-20(27)11-7-18)24(32)30-15-14-26(33-5,25(3,4)16-30)19-8-12-21(28)13-9-19/h6-13,17,22H,14-16H2,1-5H3,(H,29,31)/t22-,26+/m1/s1. The average molecular weight is 491 g/mol. The van der Waals surface area contributed by atoms with E-state index in [4.69, 9.17) is 27.9 Å². The number of amides is 2. The lowest BCUT2D eigenvalue weighted by Crippen LogP contribution is -2.61. The van der Waals surface area contributed by atoms with Gasteiger partial charge in [-0.3, -0.25) is 9.59 Å². The molecular weight excluding hydrogens is 459 g/mol. The highest BCUT2D eigenvalue weighted by Gasteiger charge is 2.52. The fourth-order valence-corrected chi connectivity index (χ4v) is 5.04. The van der Waals surface area contributed by atoms with Crippen molar-refractivity contribution in [1.29, 1.82) is 0 Å². The summed E-state index contributed by atoms with van der Waals surface area (Å²) < 4.78 is 6.13. The zero-order chi connectivity index (χ0) is 24.4. The number of benzene rings is 2. The minimum absolute atomic E-state index is 0.0674. The maximum Gasteiger partial charge on any atom is 0.251 e. The number of piperidine rings is 1. The van der Waals surface area contributed by atoms with E-state index >= 15 is 0 Å². The third-order valence-electron chi connectivity index (χ3n) is 6.71. The second-order valence-corrected chi connectivity index (χ2v) is 10.5. The maximum absolute atomic E-state index is 13.6. The van der Waals surface area contributed by atoms with E-state index in [2.05, 4.69) is 19.2 Å². The molecule has 0 unspecified atom stereocenters. The molecule has 33 heavy (non-hydrogen) atoms. The van der Waals surface area contributed by atoms with Gasteiger partial charge in [0.05, 0.1) is 0 Å². The molecule has 1 N–H and O–H groups in total. The number of nitrogens with one attached hydrogen (secondary N) is 1. The summed E-state index contributed by atoms with van der Waals surface area (Å²) in [5.41, 5.74) is 0.598. The number of hydrogen-bond donors (Lipinski definition) is 1. The summed E-state index contributed by atoms with van der Waals surface area (Å²) in [6.45, 7) is 9.13. The van der Waals surface area contributed by atoms with Crippen molar-refractivity contribution >= 4 is 35.0 Å². The van der Waals surface area contributed by atoms with Crippen LogP contribution >= 0.6 is 23.2 Å². The Hall–Kier alpha value is -2.08. The van der Waals surface area contributed by atoms with Crippen LogP contribution in [0.25, 0.3) is 0 Å². The highest BCUT2D eigenvalue weighted by atomic mass is 35.5. The van der Waals surface area contributed by atoms with E-state index in [0.717, 1.165) is 5.56 Å². The predicted molar refractivity (Wildman–Crippen MR) is 133 cm³/mol. The maximum atomic E-state index is 13.6. The molecule has 0 aliphatic carbocycles. The molecule has 178 valence electrons. The summed E-state index contributed by atoms with van der Waals surface area (Å²) in [7, 11) is 1.72. The Balaban J connectivity index is 1.79. The highest BCUT2D eigenvalue weighted by Crippen LogP contribution is 2.48. The van der Waals surface area contributed by atoms with Gasteiger partial charge < -0.3 is 15.0 Å². The molecule has 2 atom stereocenters. The van der Waals surface area contributed by atoms with Gasteiger partial charge in [0.15, 0.2) is 0 Å². The second-order valence-electron chi connectivity index (χ2n) is 9.63. The number of ether oxygens (including phenoxy) is 1. The van der Waals surface area contributed by atoms with Crippen LogP contribution in [0.5, 0.6) is 0 Å². The molecule has 1 aliphatic rings. The Morgan fingerprint density at radius 1 is 1.00 bits per heavy atom. The van der Waals surface area contributed by atoms with Gasteiger partial charge in [-0.15, -0.1) is 0 Å². The van der Waals surface area contributed by atoms with Crippen molar-refractivity contribution in [3.63, 3.8) is 0 Å². The molecule has 0 bridgehead atoms. The number of nitrogens with zero attached hydrogens (tertiary/aromatic N) is 1. The van der Waals surface area contributed by atoms with Crippen LogP contribution in [0.3, 0.4) is 0 Å². The van der Waals surface area contributed by atoms with Gasteiger partial charge in [0.25, 0.3) is 5.91 Å². The fraction of sp³-hybridized carbons (Fsp3) is 0.462. The van der Waals surface area contributed by atoms with Crippen LogP contribution in [0.1, 0.15) is 50.0 Å². The van der Waals surface area contributed by atoms with Crippen LogP contribution < -0.4 is 5.32 Å². The third kappa shape index (κ3) is 5.21. The van der Waals surface area contributed by atoms with E-state index in [1.165, 1.54) is 0 Å². The number of halogens is 2. The molecule has 3 rings (SSSR count). The first-order chi connectivity index (χ1) is 15.5. The molecule has 1 aliphatic heterocycles. The van der Waals surface area contributed by atoms with Crippen LogP contribution in [0.15, 0.2) is 48.5 Å². The predicted octanol–water partition coefficient (Wildman–Crippen LogP) is 5.55. The second kappa shape index (κ2) is 10.0. The minimum atomic E-state index is -0.630. The molecule has 1 fully saturated rings. The van der Waals surface area contributed by atoms with Crippen molar-refractivity contribution in [1.82, 2.24) is 10.2 Å². The smallest absolute Gasteiger partial charge is 0.251 e. The van der Waals surface area contributed by atoms with E-state index in [1.807, 2.05) is 43.0 Å². The number of rotatable bonds is 6. The molecule has 2 aromatic carbocycles. The van der Waals surface area contributed by atoms with E-state index in [1.54, 1.807) is 31.4 Å². The third-order valence-corrected chi connectivity index (χ3v) is 7.21. The summed E-state index contributed by atoms with van der Waals surface area (Å²) >= 11 is 12.0. The number of carbonyl (C=O) groups is 2. The molecule has 1 saturated heterocycles. The Kier molecular flexibility index (Phi) is 7.77. The van der Waals surface area contributed by atoms with Crippen LogP contribution in [-0.4, -0.2) is 43.0 Å².